The minimum absolute atomic E-state index is 0.00289. The van der Waals surface area contributed by atoms with Crippen LogP contribution < -0.4 is 5.73 Å². The predicted molar refractivity (Wildman–Crippen MR) is 46.3 cm³/mol. The number of aliphatic hydroxyl groups excluding tert-OH is 1. The van der Waals surface area contributed by atoms with E-state index in [0.717, 1.165) is 9.75 Å². The molecule has 0 unspecified atom stereocenters. The van der Waals surface area contributed by atoms with E-state index >= 15 is 0 Å². The fourth-order valence-corrected chi connectivity index (χ4v) is 1.37. The molecule has 1 heterocycles. The Hall–Kier alpha value is -1.31. The number of hydrogen-bond donors (Lipinski definition) is 2. The zero-order valence-corrected chi connectivity index (χ0v) is 7.02. The molecule has 0 spiro atoms. The molecule has 0 aliphatic carbocycles. The summed E-state index contributed by atoms with van der Waals surface area (Å²) in [7, 11) is 0. The molecule has 0 saturated carbocycles. The summed E-state index contributed by atoms with van der Waals surface area (Å²) < 4.78 is 0. The van der Waals surface area contributed by atoms with Gasteiger partial charge in [0.15, 0.2) is 0 Å². The number of amides is 1. The van der Waals surface area contributed by atoms with Crippen molar-refractivity contribution in [1.82, 2.24) is 0 Å². The third-order valence-electron chi connectivity index (χ3n) is 1.13. The van der Waals surface area contributed by atoms with E-state index in [1.165, 1.54) is 11.3 Å². The second-order valence-corrected chi connectivity index (χ2v) is 3.21. The summed E-state index contributed by atoms with van der Waals surface area (Å²) in [5, 5.41) is 8.70. The molecule has 1 rings (SSSR count). The van der Waals surface area contributed by atoms with Crippen molar-refractivity contribution in [3.05, 3.63) is 21.9 Å². The Balaban J connectivity index is 2.78. The first-order valence-corrected chi connectivity index (χ1v) is 4.05. The standard InChI is InChI=1S/C8H7NO2S/c9-8(11)4-3-6-1-2-7(5-10)12-6/h1-2,10H,5H2,(H2,9,11). The van der Waals surface area contributed by atoms with Gasteiger partial charge >= 0.3 is 0 Å². The molecular formula is C8H7NO2S. The van der Waals surface area contributed by atoms with Gasteiger partial charge in [0.05, 0.1) is 11.5 Å². The molecule has 0 fully saturated rings. The van der Waals surface area contributed by atoms with E-state index < -0.39 is 5.91 Å². The number of primary amides is 1. The Morgan fingerprint density at radius 2 is 2.42 bits per heavy atom. The van der Waals surface area contributed by atoms with Crippen LogP contribution in [0.1, 0.15) is 9.75 Å². The van der Waals surface area contributed by atoms with Gasteiger partial charge in [0.2, 0.25) is 0 Å². The molecule has 3 nitrogen and oxygen atoms in total. The van der Waals surface area contributed by atoms with Crippen LogP contribution in [0.3, 0.4) is 0 Å². The van der Waals surface area contributed by atoms with Gasteiger partial charge in [-0.05, 0) is 18.1 Å². The summed E-state index contributed by atoms with van der Waals surface area (Å²) in [6, 6.07) is 3.50. The Morgan fingerprint density at radius 3 is 2.92 bits per heavy atom. The number of hydrogen-bond acceptors (Lipinski definition) is 3. The van der Waals surface area contributed by atoms with Crippen LogP contribution in [0.15, 0.2) is 12.1 Å². The third-order valence-corrected chi connectivity index (χ3v) is 2.11. The van der Waals surface area contributed by atoms with Crippen LogP contribution >= 0.6 is 11.3 Å². The molecule has 12 heavy (non-hydrogen) atoms. The molecule has 0 aliphatic heterocycles. The SMILES string of the molecule is NC(=O)C#Cc1ccc(CO)s1. The first-order chi connectivity index (χ1) is 5.72. The molecular weight excluding hydrogens is 174 g/mol. The summed E-state index contributed by atoms with van der Waals surface area (Å²) in [4.78, 5) is 11.8. The third kappa shape index (κ3) is 2.38. The van der Waals surface area contributed by atoms with Gasteiger partial charge in [0.1, 0.15) is 0 Å². The fraction of sp³-hybridized carbons (Fsp3) is 0.125. The average Bonchev–Trinajstić information content (AvgIpc) is 2.48. The van der Waals surface area contributed by atoms with E-state index in [1.807, 2.05) is 0 Å². The van der Waals surface area contributed by atoms with Crippen molar-refractivity contribution in [3.8, 4) is 11.8 Å². The van der Waals surface area contributed by atoms with Crippen LogP contribution in [0.2, 0.25) is 0 Å². The second kappa shape index (κ2) is 3.90. The number of carbonyl (C=O) groups excluding carboxylic acids is 1. The van der Waals surface area contributed by atoms with Gasteiger partial charge in [-0.25, -0.2) is 0 Å². The zero-order valence-electron chi connectivity index (χ0n) is 6.20. The van der Waals surface area contributed by atoms with E-state index in [1.54, 1.807) is 12.1 Å². The molecule has 1 aromatic heterocycles. The highest BCUT2D eigenvalue weighted by molar-refractivity contribution is 7.12. The molecule has 3 N–H and O–H groups in total. The highest BCUT2D eigenvalue weighted by Crippen LogP contribution is 2.14. The van der Waals surface area contributed by atoms with Crippen LogP contribution in [0, 0.1) is 11.8 Å². The summed E-state index contributed by atoms with van der Waals surface area (Å²) in [5.74, 6) is 4.15. The molecule has 4 heteroatoms. The average molecular weight is 181 g/mol. The van der Waals surface area contributed by atoms with Gasteiger partial charge in [-0.2, -0.15) is 0 Å². The topological polar surface area (TPSA) is 63.3 Å². The van der Waals surface area contributed by atoms with Gasteiger partial charge in [-0.3, -0.25) is 4.79 Å². The highest BCUT2D eigenvalue weighted by Gasteiger charge is 1.94. The molecule has 0 aliphatic rings. The Labute approximate surface area is 73.8 Å². The molecule has 0 aromatic carbocycles. The summed E-state index contributed by atoms with van der Waals surface area (Å²) in [5.41, 5.74) is 4.82. The monoisotopic (exact) mass is 181 g/mol. The molecule has 0 atom stereocenters. The highest BCUT2D eigenvalue weighted by atomic mass is 32.1. The van der Waals surface area contributed by atoms with Gasteiger partial charge < -0.3 is 10.8 Å². The second-order valence-electron chi connectivity index (χ2n) is 2.04. The van der Waals surface area contributed by atoms with E-state index in [9.17, 15) is 4.79 Å². The van der Waals surface area contributed by atoms with Crippen LogP contribution in [0.4, 0.5) is 0 Å². The van der Waals surface area contributed by atoms with E-state index in [2.05, 4.69) is 11.8 Å². The van der Waals surface area contributed by atoms with E-state index in [4.69, 9.17) is 10.8 Å². The number of thiophene rings is 1. The van der Waals surface area contributed by atoms with Crippen molar-refractivity contribution < 1.29 is 9.90 Å². The van der Waals surface area contributed by atoms with E-state index in [-0.39, 0.29) is 6.61 Å². The minimum Gasteiger partial charge on any atom is -0.391 e. The lowest BCUT2D eigenvalue weighted by Gasteiger charge is -1.80. The van der Waals surface area contributed by atoms with Crippen molar-refractivity contribution in [2.75, 3.05) is 0 Å². The largest absolute Gasteiger partial charge is 0.391 e. The minimum atomic E-state index is -0.644. The normalized spacial score (nSPS) is 8.75. The summed E-state index contributed by atoms with van der Waals surface area (Å²) >= 11 is 1.34. The van der Waals surface area contributed by atoms with Crippen LogP contribution in [-0.2, 0) is 11.4 Å². The lowest BCUT2D eigenvalue weighted by Crippen LogP contribution is -2.05. The van der Waals surface area contributed by atoms with Crippen molar-refractivity contribution in [2.45, 2.75) is 6.61 Å². The lowest BCUT2D eigenvalue weighted by atomic mass is 10.4. The van der Waals surface area contributed by atoms with Crippen LogP contribution in [0.5, 0.6) is 0 Å². The smallest absolute Gasteiger partial charge is 0.293 e. The molecule has 0 radical (unpaired) electrons. The van der Waals surface area contributed by atoms with Crippen molar-refractivity contribution in [2.24, 2.45) is 5.73 Å². The summed E-state index contributed by atoms with van der Waals surface area (Å²) in [6.07, 6.45) is 0. The molecule has 1 aromatic rings. The maximum Gasteiger partial charge on any atom is 0.293 e. The zero-order chi connectivity index (χ0) is 8.97. The van der Waals surface area contributed by atoms with Crippen LogP contribution in [-0.4, -0.2) is 11.0 Å². The molecule has 0 saturated heterocycles. The van der Waals surface area contributed by atoms with Gasteiger partial charge in [-0.15, -0.1) is 11.3 Å². The van der Waals surface area contributed by atoms with Crippen molar-refractivity contribution in [1.29, 1.82) is 0 Å². The van der Waals surface area contributed by atoms with E-state index in [0.29, 0.717) is 0 Å². The Bertz CT molecular complexity index is 345. The maximum absolute atomic E-state index is 10.3. The fourth-order valence-electron chi connectivity index (χ4n) is 0.653. The lowest BCUT2D eigenvalue weighted by molar-refractivity contribution is -0.112. The van der Waals surface area contributed by atoms with Gasteiger partial charge in [-0.1, -0.05) is 0 Å². The quantitative estimate of drug-likeness (QED) is 0.602. The molecule has 62 valence electrons. The van der Waals surface area contributed by atoms with Crippen molar-refractivity contribution >= 4 is 17.2 Å². The van der Waals surface area contributed by atoms with Crippen molar-refractivity contribution in [3.63, 3.8) is 0 Å². The Kier molecular flexibility index (Phi) is 2.86. The first-order valence-electron chi connectivity index (χ1n) is 3.23. The number of aliphatic hydroxyl groups is 1. The molecule has 0 bridgehead atoms. The number of nitrogens with two attached hydrogens (primary N) is 1. The number of rotatable bonds is 1. The van der Waals surface area contributed by atoms with Crippen LogP contribution in [0.25, 0.3) is 0 Å². The molecule has 1 amide bonds. The van der Waals surface area contributed by atoms with Gasteiger partial charge in [0.25, 0.3) is 5.91 Å². The number of carbonyl (C=O) groups is 1. The first kappa shape index (κ1) is 8.78. The predicted octanol–water partition coefficient (Wildman–Crippen LogP) is 0.0772. The Morgan fingerprint density at radius 1 is 1.67 bits per heavy atom. The van der Waals surface area contributed by atoms with Gasteiger partial charge in [0, 0.05) is 10.8 Å². The maximum atomic E-state index is 10.3. The summed E-state index contributed by atoms with van der Waals surface area (Å²) in [6.45, 7) is 0.00289.